The van der Waals surface area contributed by atoms with Crippen LogP contribution in [0.15, 0.2) is 48.5 Å². The van der Waals surface area contributed by atoms with Crippen LogP contribution >= 0.6 is 0 Å². The van der Waals surface area contributed by atoms with Crippen LogP contribution in [0.5, 0.6) is 11.5 Å². The minimum atomic E-state index is -0.281. The van der Waals surface area contributed by atoms with E-state index < -0.39 is 0 Å². The van der Waals surface area contributed by atoms with E-state index in [1.807, 2.05) is 31.2 Å². The summed E-state index contributed by atoms with van der Waals surface area (Å²) >= 11 is 0. The molecule has 0 radical (unpaired) electrons. The molecule has 0 fully saturated rings. The molecule has 0 spiro atoms. The topological polar surface area (TPSA) is 68.3 Å². The second kappa shape index (κ2) is 8.35. The SMILES string of the molecule is COc1ccc(CNc2nc(C)cc(Nc3ccc(F)cc3)n2)cc1OC. The third-order valence-electron chi connectivity index (χ3n) is 3.87. The zero-order valence-corrected chi connectivity index (χ0v) is 15.4. The first-order valence-corrected chi connectivity index (χ1v) is 8.40. The highest BCUT2D eigenvalue weighted by molar-refractivity contribution is 5.57. The van der Waals surface area contributed by atoms with Gasteiger partial charge < -0.3 is 20.1 Å². The van der Waals surface area contributed by atoms with Crippen molar-refractivity contribution in [3.8, 4) is 11.5 Å². The van der Waals surface area contributed by atoms with Gasteiger partial charge in [-0.15, -0.1) is 0 Å². The molecule has 0 saturated heterocycles. The lowest BCUT2D eigenvalue weighted by atomic mass is 10.2. The van der Waals surface area contributed by atoms with Gasteiger partial charge in [0.2, 0.25) is 5.95 Å². The first kappa shape index (κ1) is 18.4. The highest BCUT2D eigenvalue weighted by Crippen LogP contribution is 2.27. The summed E-state index contributed by atoms with van der Waals surface area (Å²) in [6.45, 7) is 2.42. The molecule has 3 aromatic rings. The van der Waals surface area contributed by atoms with Crippen molar-refractivity contribution >= 4 is 17.5 Å². The summed E-state index contributed by atoms with van der Waals surface area (Å²) < 4.78 is 23.6. The van der Waals surface area contributed by atoms with Crippen LogP contribution in [-0.4, -0.2) is 24.2 Å². The van der Waals surface area contributed by atoms with Gasteiger partial charge in [-0.2, -0.15) is 4.98 Å². The van der Waals surface area contributed by atoms with Gasteiger partial charge in [0.1, 0.15) is 11.6 Å². The number of nitrogens with zero attached hydrogens (tertiary/aromatic N) is 2. The number of rotatable bonds is 7. The zero-order valence-electron chi connectivity index (χ0n) is 15.4. The molecule has 2 N–H and O–H groups in total. The predicted octanol–water partition coefficient (Wildman–Crippen LogP) is 4.30. The highest BCUT2D eigenvalue weighted by Gasteiger charge is 2.07. The number of hydrogen-bond donors (Lipinski definition) is 2. The maximum atomic E-state index is 13.0. The second-order valence-electron chi connectivity index (χ2n) is 5.89. The first-order chi connectivity index (χ1) is 13.1. The van der Waals surface area contributed by atoms with Crippen LogP contribution in [0.2, 0.25) is 0 Å². The van der Waals surface area contributed by atoms with E-state index in [-0.39, 0.29) is 5.82 Å². The molecule has 6 nitrogen and oxygen atoms in total. The molecular formula is C20H21FN4O2. The lowest BCUT2D eigenvalue weighted by molar-refractivity contribution is 0.354. The van der Waals surface area contributed by atoms with Crippen molar-refractivity contribution in [3.05, 3.63) is 65.6 Å². The van der Waals surface area contributed by atoms with Crippen LogP contribution in [0.25, 0.3) is 0 Å². The molecule has 1 heterocycles. The Hall–Kier alpha value is -3.35. The Morgan fingerprint density at radius 3 is 2.37 bits per heavy atom. The molecule has 0 aliphatic rings. The van der Waals surface area contributed by atoms with Crippen LogP contribution < -0.4 is 20.1 Å². The number of aryl methyl sites for hydroxylation is 1. The van der Waals surface area contributed by atoms with Crippen molar-refractivity contribution in [3.63, 3.8) is 0 Å². The molecule has 2 aromatic carbocycles. The fraction of sp³-hybridized carbons (Fsp3) is 0.200. The Morgan fingerprint density at radius 2 is 1.67 bits per heavy atom. The molecule has 0 aliphatic heterocycles. The van der Waals surface area contributed by atoms with Crippen LogP contribution in [0.4, 0.5) is 21.8 Å². The average Bonchev–Trinajstić information content (AvgIpc) is 2.67. The van der Waals surface area contributed by atoms with Gasteiger partial charge in [-0.25, -0.2) is 9.37 Å². The van der Waals surface area contributed by atoms with Crippen molar-refractivity contribution in [2.24, 2.45) is 0 Å². The maximum absolute atomic E-state index is 13.0. The number of benzene rings is 2. The Bertz CT molecular complexity index is 916. The maximum Gasteiger partial charge on any atom is 0.225 e. The van der Waals surface area contributed by atoms with E-state index in [2.05, 4.69) is 20.6 Å². The number of nitrogens with one attached hydrogen (secondary N) is 2. The van der Waals surface area contributed by atoms with E-state index in [9.17, 15) is 4.39 Å². The predicted molar refractivity (Wildman–Crippen MR) is 103 cm³/mol. The monoisotopic (exact) mass is 368 g/mol. The number of methoxy groups -OCH3 is 2. The number of ether oxygens (including phenoxy) is 2. The van der Waals surface area contributed by atoms with E-state index >= 15 is 0 Å². The fourth-order valence-corrected chi connectivity index (χ4v) is 2.56. The van der Waals surface area contributed by atoms with Gasteiger partial charge >= 0.3 is 0 Å². The minimum absolute atomic E-state index is 0.281. The van der Waals surface area contributed by atoms with Gasteiger partial charge in [-0.1, -0.05) is 6.07 Å². The summed E-state index contributed by atoms with van der Waals surface area (Å²) in [6.07, 6.45) is 0. The van der Waals surface area contributed by atoms with Crippen LogP contribution in [0, 0.1) is 12.7 Å². The molecule has 27 heavy (non-hydrogen) atoms. The largest absolute Gasteiger partial charge is 0.493 e. The summed E-state index contributed by atoms with van der Waals surface area (Å²) in [5.74, 6) is 2.19. The summed E-state index contributed by atoms with van der Waals surface area (Å²) in [5, 5.41) is 6.36. The van der Waals surface area contributed by atoms with E-state index in [1.54, 1.807) is 26.4 Å². The van der Waals surface area contributed by atoms with E-state index in [0.29, 0.717) is 29.8 Å². The van der Waals surface area contributed by atoms with E-state index in [4.69, 9.17) is 9.47 Å². The molecule has 3 rings (SSSR count). The summed E-state index contributed by atoms with van der Waals surface area (Å²) in [5.41, 5.74) is 2.57. The van der Waals surface area contributed by atoms with E-state index in [0.717, 1.165) is 16.9 Å². The Kier molecular flexibility index (Phi) is 5.71. The second-order valence-corrected chi connectivity index (χ2v) is 5.89. The smallest absolute Gasteiger partial charge is 0.225 e. The number of anilines is 3. The molecule has 0 unspecified atom stereocenters. The zero-order chi connectivity index (χ0) is 19.2. The van der Waals surface area contributed by atoms with Crippen LogP contribution in [0.1, 0.15) is 11.3 Å². The fourth-order valence-electron chi connectivity index (χ4n) is 2.56. The van der Waals surface area contributed by atoms with Gasteiger partial charge in [-0.3, -0.25) is 0 Å². The normalized spacial score (nSPS) is 10.4. The van der Waals surface area contributed by atoms with Crippen molar-refractivity contribution in [2.75, 3.05) is 24.9 Å². The van der Waals surface area contributed by atoms with Crippen LogP contribution in [-0.2, 0) is 6.54 Å². The van der Waals surface area contributed by atoms with Gasteiger partial charge in [0.25, 0.3) is 0 Å². The standard InChI is InChI=1S/C20H21FN4O2/c1-13-10-19(24-16-7-5-15(21)6-8-16)25-20(23-13)22-12-14-4-9-17(26-2)18(11-14)27-3/h4-11H,12H2,1-3H3,(H2,22,23,24,25). The Balaban J connectivity index is 1.72. The molecule has 0 saturated carbocycles. The Labute approximate surface area is 157 Å². The molecule has 7 heteroatoms. The van der Waals surface area contributed by atoms with E-state index in [1.165, 1.54) is 12.1 Å². The van der Waals surface area contributed by atoms with Crippen molar-refractivity contribution in [1.82, 2.24) is 9.97 Å². The molecule has 140 valence electrons. The first-order valence-electron chi connectivity index (χ1n) is 8.40. The third kappa shape index (κ3) is 4.84. The van der Waals surface area contributed by atoms with Crippen molar-refractivity contribution in [2.45, 2.75) is 13.5 Å². The van der Waals surface area contributed by atoms with Gasteiger partial charge in [-0.05, 0) is 48.9 Å². The highest BCUT2D eigenvalue weighted by atomic mass is 19.1. The minimum Gasteiger partial charge on any atom is -0.493 e. The van der Waals surface area contributed by atoms with Crippen molar-refractivity contribution < 1.29 is 13.9 Å². The molecule has 0 atom stereocenters. The van der Waals surface area contributed by atoms with Gasteiger partial charge in [0, 0.05) is 24.0 Å². The van der Waals surface area contributed by atoms with Gasteiger partial charge in [0.15, 0.2) is 11.5 Å². The van der Waals surface area contributed by atoms with Gasteiger partial charge in [0.05, 0.1) is 14.2 Å². The lowest BCUT2D eigenvalue weighted by Crippen LogP contribution is -2.06. The van der Waals surface area contributed by atoms with Crippen LogP contribution in [0.3, 0.4) is 0 Å². The third-order valence-corrected chi connectivity index (χ3v) is 3.87. The molecule has 0 bridgehead atoms. The molecular weight excluding hydrogens is 347 g/mol. The van der Waals surface area contributed by atoms with Crippen molar-refractivity contribution in [1.29, 1.82) is 0 Å². The summed E-state index contributed by atoms with van der Waals surface area (Å²) in [7, 11) is 3.21. The number of halogens is 1. The number of aromatic nitrogens is 2. The number of hydrogen-bond acceptors (Lipinski definition) is 6. The molecule has 1 aromatic heterocycles. The summed E-state index contributed by atoms with van der Waals surface area (Å²) in [4.78, 5) is 8.86. The lowest BCUT2D eigenvalue weighted by Gasteiger charge is -2.12. The quantitative estimate of drug-likeness (QED) is 0.648. The average molecular weight is 368 g/mol. The Morgan fingerprint density at radius 1 is 0.926 bits per heavy atom. The molecule has 0 amide bonds. The molecule has 0 aliphatic carbocycles. The summed E-state index contributed by atoms with van der Waals surface area (Å²) in [6, 6.07) is 13.6.